The second-order valence-corrected chi connectivity index (χ2v) is 9.52. The van der Waals surface area contributed by atoms with Gasteiger partial charge < -0.3 is 4.74 Å². The average molecular weight is 398 g/mol. The minimum Gasteiger partial charge on any atom is -0.385 e. The lowest BCUT2D eigenvalue weighted by Gasteiger charge is -2.20. The normalized spacial score (nSPS) is 12.4. The fourth-order valence-corrected chi connectivity index (χ4v) is 5.46. The van der Waals surface area contributed by atoms with E-state index in [1.807, 2.05) is 0 Å². The van der Waals surface area contributed by atoms with Crippen LogP contribution in [0.5, 0.6) is 0 Å². The summed E-state index contributed by atoms with van der Waals surface area (Å²) in [5.41, 5.74) is 0. The second kappa shape index (κ2) is 8.77. The molecule has 0 bridgehead atoms. The Morgan fingerprint density at radius 1 is 0.885 bits per heavy atom. The van der Waals surface area contributed by atoms with Crippen molar-refractivity contribution < 1.29 is 21.6 Å². The van der Waals surface area contributed by atoms with Crippen LogP contribution in [0.2, 0.25) is 0 Å². The van der Waals surface area contributed by atoms with Crippen LogP contribution in [0.1, 0.15) is 13.3 Å². The van der Waals surface area contributed by atoms with E-state index in [-0.39, 0.29) is 14.7 Å². The number of rotatable bonds is 9. The third-order valence-electron chi connectivity index (χ3n) is 3.92. The number of nitrogens with zero attached hydrogens (tertiary/aromatic N) is 1. The molecule has 0 unspecified atom stereocenters. The highest BCUT2D eigenvalue weighted by Crippen LogP contribution is 2.24. The van der Waals surface area contributed by atoms with Gasteiger partial charge in [-0.25, -0.2) is 16.8 Å². The first-order chi connectivity index (χ1) is 12.3. The average Bonchev–Trinajstić information content (AvgIpc) is 2.66. The smallest absolute Gasteiger partial charge is 0.243 e. The van der Waals surface area contributed by atoms with Crippen LogP contribution in [-0.2, 0) is 24.6 Å². The lowest BCUT2D eigenvalue weighted by Crippen LogP contribution is -2.32. The number of methoxy groups -OCH3 is 1. The van der Waals surface area contributed by atoms with Crippen LogP contribution in [0.15, 0.2) is 69.3 Å². The highest BCUT2D eigenvalue weighted by molar-refractivity contribution is 7.91. The molecule has 0 spiro atoms. The van der Waals surface area contributed by atoms with Crippen molar-refractivity contribution >= 4 is 19.9 Å². The molecule has 2 rings (SSSR count). The van der Waals surface area contributed by atoms with Crippen molar-refractivity contribution in [3.8, 4) is 0 Å². The van der Waals surface area contributed by atoms with Crippen LogP contribution in [0.4, 0.5) is 0 Å². The number of hydrogen-bond donors (Lipinski definition) is 0. The Hall–Kier alpha value is -1.74. The summed E-state index contributed by atoms with van der Waals surface area (Å²) in [5.74, 6) is 0. The summed E-state index contributed by atoms with van der Waals surface area (Å²) in [4.78, 5) is 0.0495. The van der Waals surface area contributed by atoms with Gasteiger partial charge in [0.1, 0.15) is 0 Å². The second-order valence-electron chi connectivity index (χ2n) is 5.63. The zero-order valence-electron chi connectivity index (χ0n) is 14.8. The van der Waals surface area contributed by atoms with Crippen LogP contribution in [0.3, 0.4) is 0 Å². The molecular weight excluding hydrogens is 374 g/mol. The van der Waals surface area contributed by atoms with Crippen LogP contribution >= 0.6 is 0 Å². The molecule has 0 amide bonds. The van der Waals surface area contributed by atoms with Gasteiger partial charge in [-0.1, -0.05) is 31.2 Å². The van der Waals surface area contributed by atoms with E-state index in [2.05, 4.69) is 0 Å². The first kappa shape index (κ1) is 20.6. The van der Waals surface area contributed by atoms with Crippen molar-refractivity contribution in [3.05, 3.63) is 54.6 Å². The lowest BCUT2D eigenvalue weighted by atomic mass is 10.4. The van der Waals surface area contributed by atoms with Crippen molar-refractivity contribution in [2.45, 2.75) is 28.0 Å². The summed E-state index contributed by atoms with van der Waals surface area (Å²) >= 11 is 0. The molecule has 142 valence electrons. The zero-order chi connectivity index (χ0) is 19.2. The summed E-state index contributed by atoms with van der Waals surface area (Å²) in [5, 5.41) is 0. The molecule has 0 radical (unpaired) electrons. The van der Waals surface area contributed by atoms with Gasteiger partial charge in [0.15, 0.2) is 0 Å². The molecule has 0 saturated heterocycles. The molecule has 8 heteroatoms. The van der Waals surface area contributed by atoms with E-state index < -0.39 is 19.9 Å². The van der Waals surface area contributed by atoms with Gasteiger partial charge in [0.2, 0.25) is 19.9 Å². The Balaban J connectivity index is 2.39. The van der Waals surface area contributed by atoms with E-state index in [9.17, 15) is 16.8 Å². The van der Waals surface area contributed by atoms with Gasteiger partial charge in [0.25, 0.3) is 0 Å². The Bertz CT molecular complexity index is 925. The van der Waals surface area contributed by atoms with Crippen molar-refractivity contribution in [1.82, 2.24) is 4.31 Å². The molecule has 0 aliphatic rings. The molecule has 0 aliphatic heterocycles. The summed E-state index contributed by atoms with van der Waals surface area (Å²) < 4.78 is 57.5. The van der Waals surface area contributed by atoms with Gasteiger partial charge in [-0.2, -0.15) is 4.31 Å². The van der Waals surface area contributed by atoms with Crippen molar-refractivity contribution in [1.29, 1.82) is 0 Å². The van der Waals surface area contributed by atoms with Crippen molar-refractivity contribution in [2.75, 3.05) is 26.8 Å². The largest absolute Gasteiger partial charge is 0.385 e. The molecule has 0 heterocycles. The quantitative estimate of drug-likeness (QED) is 0.608. The molecule has 0 saturated carbocycles. The molecule has 0 N–H and O–H groups in total. The maximum atomic E-state index is 12.9. The van der Waals surface area contributed by atoms with E-state index in [1.54, 1.807) is 32.2 Å². The number of hydrogen-bond acceptors (Lipinski definition) is 5. The van der Waals surface area contributed by atoms with Gasteiger partial charge in [-0.15, -0.1) is 0 Å². The van der Waals surface area contributed by atoms with Gasteiger partial charge in [-0.3, -0.25) is 0 Å². The Morgan fingerprint density at radius 2 is 1.50 bits per heavy atom. The molecule has 0 fully saturated rings. The fourth-order valence-electron chi connectivity index (χ4n) is 2.52. The molecule has 6 nitrogen and oxygen atoms in total. The minimum atomic E-state index is -3.78. The predicted octanol–water partition coefficient (Wildman–Crippen LogP) is 2.57. The summed E-state index contributed by atoms with van der Waals surface area (Å²) in [6, 6.07) is 13.4. The lowest BCUT2D eigenvalue weighted by molar-refractivity contribution is 0.188. The van der Waals surface area contributed by atoms with E-state index in [4.69, 9.17) is 4.74 Å². The highest BCUT2D eigenvalue weighted by Gasteiger charge is 2.25. The molecule has 0 aliphatic carbocycles. The highest BCUT2D eigenvalue weighted by atomic mass is 32.2. The standard InChI is InChI=1S/C18H23NO5S2/c1-3-19(13-8-14-24-2)26(22,23)18-12-7-11-17(15-18)25(20,21)16-9-5-4-6-10-16/h4-7,9-12,15H,3,8,13-14H2,1-2H3. The Labute approximate surface area is 155 Å². The maximum Gasteiger partial charge on any atom is 0.243 e. The Morgan fingerprint density at radius 3 is 2.12 bits per heavy atom. The van der Waals surface area contributed by atoms with E-state index >= 15 is 0 Å². The molecule has 2 aromatic rings. The third kappa shape index (κ3) is 4.50. The number of ether oxygens (including phenoxy) is 1. The van der Waals surface area contributed by atoms with Crippen molar-refractivity contribution in [2.24, 2.45) is 0 Å². The van der Waals surface area contributed by atoms with Crippen LogP contribution in [0.25, 0.3) is 0 Å². The number of benzene rings is 2. The minimum absolute atomic E-state index is 0.0335. The predicted molar refractivity (Wildman–Crippen MR) is 99.3 cm³/mol. The monoisotopic (exact) mass is 397 g/mol. The summed E-state index contributed by atoms with van der Waals surface area (Å²) in [6.45, 7) is 2.80. The number of sulfonamides is 1. The van der Waals surface area contributed by atoms with E-state index in [0.29, 0.717) is 26.1 Å². The van der Waals surface area contributed by atoms with Crippen molar-refractivity contribution in [3.63, 3.8) is 0 Å². The molecule has 2 aromatic carbocycles. The molecular formula is C18H23NO5S2. The van der Waals surface area contributed by atoms with Crippen LogP contribution < -0.4 is 0 Å². The molecule has 26 heavy (non-hydrogen) atoms. The van der Waals surface area contributed by atoms with Gasteiger partial charge in [-0.05, 0) is 36.8 Å². The van der Waals surface area contributed by atoms with Gasteiger partial charge >= 0.3 is 0 Å². The fraction of sp³-hybridized carbons (Fsp3) is 0.333. The summed E-state index contributed by atoms with van der Waals surface area (Å²) in [6.07, 6.45) is 0.561. The van der Waals surface area contributed by atoms with Gasteiger partial charge in [0, 0.05) is 26.8 Å². The molecule has 0 aromatic heterocycles. The maximum absolute atomic E-state index is 12.9. The zero-order valence-corrected chi connectivity index (χ0v) is 16.5. The van der Waals surface area contributed by atoms with Crippen LogP contribution in [-0.4, -0.2) is 47.9 Å². The van der Waals surface area contributed by atoms with Gasteiger partial charge in [0.05, 0.1) is 14.7 Å². The summed E-state index contributed by atoms with van der Waals surface area (Å²) in [7, 11) is -6.00. The number of sulfone groups is 1. The first-order valence-corrected chi connectivity index (χ1v) is 11.2. The first-order valence-electron chi connectivity index (χ1n) is 8.23. The van der Waals surface area contributed by atoms with Crippen LogP contribution in [0, 0.1) is 0 Å². The van der Waals surface area contributed by atoms with E-state index in [0.717, 1.165) is 0 Å². The Kier molecular flexibility index (Phi) is 6.94. The van der Waals surface area contributed by atoms with E-state index in [1.165, 1.54) is 40.7 Å². The SMILES string of the molecule is CCN(CCCOC)S(=O)(=O)c1cccc(S(=O)(=O)c2ccccc2)c1. The topological polar surface area (TPSA) is 80.8 Å². The third-order valence-corrected chi connectivity index (χ3v) is 7.65. The molecule has 0 atom stereocenters.